The standard InChI is InChI=1S/C15H19NO4/c17-14(10-20-11-15(18)19)16-8-4-7-13(16)9-12-5-2-1-3-6-12/h1-3,5-6,13H,4,7-11H2,(H,18,19). The summed E-state index contributed by atoms with van der Waals surface area (Å²) < 4.78 is 4.88. The average Bonchev–Trinajstić information content (AvgIpc) is 2.87. The summed E-state index contributed by atoms with van der Waals surface area (Å²) in [5, 5.41) is 8.49. The highest BCUT2D eigenvalue weighted by Gasteiger charge is 2.28. The largest absolute Gasteiger partial charge is 0.480 e. The maximum absolute atomic E-state index is 12.0. The number of amides is 1. The van der Waals surface area contributed by atoms with Gasteiger partial charge in [-0.1, -0.05) is 30.3 Å². The van der Waals surface area contributed by atoms with Crippen LogP contribution in [0.15, 0.2) is 30.3 Å². The van der Waals surface area contributed by atoms with Gasteiger partial charge in [0.25, 0.3) is 0 Å². The van der Waals surface area contributed by atoms with Crippen LogP contribution < -0.4 is 0 Å². The molecule has 1 aliphatic rings. The summed E-state index contributed by atoms with van der Waals surface area (Å²) in [6.07, 6.45) is 2.81. The molecule has 0 bridgehead atoms. The minimum atomic E-state index is -1.06. The third-order valence-electron chi connectivity index (χ3n) is 3.46. The second kappa shape index (κ2) is 7.05. The van der Waals surface area contributed by atoms with E-state index < -0.39 is 12.6 Å². The van der Waals surface area contributed by atoms with Crippen LogP contribution in [0.4, 0.5) is 0 Å². The van der Waals surface area contributed by atoms with Crippen molar-refractivity contribution >= 4 is 11.9 Å². The van der Waals surface area contributed by atoms with Gasteiger partial charge in [-0.2, -0.15) is 0 Å². The highest BCUT2D eigenvalue weighted by molar-refractivity contribution is 5.78. The molecular formula is C15H19NO4. The van der Waals surface area contributed by atoms with Crippen LogP contribution in [0, 0.1) is 0 Å². The number of hydrogen-bond donors (Lipinski definition) is 1. The van der Waals surface area contributed by atoms with E-state index in [-0.39, 0.29) is 18.6 Å². The van der Waals surface area contributed by atoms with Gasteiger partial charge in [-0.05, 0) is 24.8 Å². The first kappa shape index (κ1) is 14.5. The fraction of sp³-hybridized carbons (Fsp3) is 0.467. The Morgan fingerprint density at radius 2 is 2.00 bits per heavy atom. The van der Waals surface area contributed by atoms with Crippen molar-refractivity contribution in [3.05, 3.63) is 35.9 Å². The molecule has 1 heterocycles. The molecule has 5 nitrogen and oxygen atoms in total. The lowest BCUT2D eigenvalue weighted by atomic mass is 10.0. The van der Waals surface area contributed by atoms with Gasteiger partial charge in [0.2, 0.25) is 5.91 Å². The molecule has 20 heavy (non-hydrogen) atoms. The number of carboxylic acids is 1. The van der Waals surface area contributed by atoms with Crippen LogP contribution in [-0.4, -0.2) is 47.7 Å². The van der Waals surface area contributed by atoms with E-state index in [0.29, 0.717) is 0 Å². The molecule has 108 valence electrons. The van der Waals surface area contributed by atoms with Gasteiger partial charge in [-0.3, -0.25) is 4.79 Å². The Morgan fingerprint density at radius 1 is 1.25 bits per heavy atom. The number of ether oxygens (including phenoxy) is 1. The molecule has 2 rings (SSSR count). The Kier molecular flexibility index (Phi) is 5.12. The Bertz CT molecular complexity index is 460. The number of carbonyl (C=O) groups is 2. The van der Waals surface area contributed by atoms with Crippen LogP contribution in [0.2, 0.25) is 0 Å². The molecule has 0 aromatic heterocycles. The normalized spacial score (nSPS) is 18.2. The fourth-order valence-electron chi connectivity index (χ4n) is 2.57. The van der Waals surface area contributed by atoms with Crippen molar-refractivity contribution in [2.75, 3.05) is 19.8 Å². The predicted octanol–water partition coefficient (Wildman–Crippen LogP) is 1.32. The van der Waals surface area contributed by atoms with E-state index in [1.54, 1.807) is 0 Å². The molecule has 5 heteroatoms. The van der Waals surface area contributed by atoms with Gasteiger partial charge < -0.3 is 14.7 Å². The van der Waals surface area contributed by atoms with Gasteiger partial charge in [0.15, 0.2) is 0 Å². The third-order valence-corrected chi connectivity index (χ3v) is 3.46. The molecule has 1 unspecified atom stereocenters. The lowest BCUT2D eigenvalue weighted by Crippen LogP contribution is -2.39. The molecule has 1 saturated heterocycles. The van der Waals surface area contributed by atoms with E-state index in [1.807, 2.05) is 23.1 Å². The molecule has 1 aromatic carbocycles. The number of aliphatic carboxylic acids is 1. The number of rotatable bonds is 6. The van der Waals surface area contributed by atoms with Crippen LogP contribution in [0.3, 0.4) is 0 Å². The van der Waals surface area contributed by atoms with E-state index in [9.17, 15) is 9.59 Å². The Balaban J connectivity index is 1.87. The number of nitrogens with zero attached hydrogens (tertiary/aromatic N) is 1. The lowest BCUT2D eigenvalue weighted by molar-refractivity contribution is -0.146. The summed E-state index contributed by atoms with van der Waals surface area (Å²) in [6, 6.07) is 10.3. The second-order valence-electron chi connectivity index (χ2n) is 4.96. The van der Waals surface area contributed by atoms with Gasteiger partial charge in [0, 0.05) is 12.6 Å². The topological polar surface area (TPSA) is 66.8 Å². The summed E-state index contributed by atoms with van der Waals surface area (Å²) in [4.78, 5) is 24.2. The van der Waals surface area contributed by atoms with Crippen LogP contribution in [0.25, 0.3) is 0 Å². The van der Waals surface area contributed by atoms with Crippen LogP contribution in [-0.2, 0) is 20.7 Å². The minimum absolute atomic E-state index is 0.121. The zero-order valence-electron chi connectivity index (χ0n) is 11.3. The zero-order chi connectivity index (χ0) is 14.4. The van der Waals surface area contributed by atoms with Crippen molar-refractivity contribution in [2.24, 2.45) is 0 Å². The third kappa shape index (κ3) is 4.06. The molecule has 1 aromatic rings. The fourth-order valence-corrected chi connectivity index (χ4v) is 2.57. The van der Waals surface area contributed by atoms with Crippen LogP contribution in [0.5, 0.6) is 0 Å². The predicted molar refractivity (Wildman–Crippen MR) is 73.3 cm³/mol. The molecule has 1 aliphatic heterocycles. The van der Waals surface area contributed by atoms with E-state index in [2.05, 4.69) is 12.1 Å². The van der Waals surface area contributed by atoms with Gasteiger partial charge in [-0.15, -0.1) is 0 Å². The molecule has 1 amide bonds. The number of hydrogen-bond acceptors (Lipinski definition) is 3. The SMILES string of the molecule is O=C(O)COCC(=O)N1CCCC1Cc1ccccc1. The molecular weight excluding hydrogens is 258 g/mol. The zero-order valence-corrected chi connectivity index (χ0v) is 11.3. The van der Waals surface area contributed by atoms with Gasteiger partial charge in [0.05, 0.1) is 0 Å². The van der Waals surface area contributed by atoms with E-state index >= 15 is 0 Å². The number of benzene rings is 1. The van der Waals surface area contributed by atoms with Gasteiger partial charge in [0.1, 0.15) is 13.2 Å². The number of carbonyl (C=O) groups excluding carboxylic acids is 1. The van der Waals surface area contributed by atoms with Gasteiger partial charge >= 0.3 is 5.97 Å². The Hall–Kier alpha value is -1.88. The summed E-state index contributed by atoms with van der Waals surface area (Å²) in [5.41, 5.74) is 1.21. The Morgan fingerprint density at radius 3 is 2.70 bits per heavy atom. The van der Waals surface area contributed by atoms with Crippen molar-refractivity contribution in [3.63, 3.8) is 0 Å². The summed E-state index contributed by atoms with van der Waals surface area (Å²) in [5.74, 6) is -1.18. The van der Waals surface area contributed by atoms with Crippen molar-refractivity contribution in [1.29, 1.82) is 0 Å². The monoisotopic (exact) mass is 277 g/mol. The Labute approximate surface area is 118 Å². The van der Waals surface area contributed by atoms with Crippen LogP contribution in [0.1, 0.15) is 18.4 Å². The molecule has 0 aliphatic carbocycles. The molecule has 1 atom stereocenters. The van der Waals surface area contributed by atoms with E-state index in [1.165, 1.54) is 5.56 Å². The first-order chi connectivity index (χ1) is 9.66. The van der Waals surface area contributed by atoms with Crippen LogP contribution >= 0.6 is 0 Å². The summed E-state index contributed by atoms with van der Waals surface area (Å²) in [6.45, 7) is 0.146. The molecule has 1 N–H and O–H groups in total. The average molecular weight is 277 g/mol. The lowest BCUT2D eigenvalue weighted by Gasteiger charge is -2.24. The highest BCUT2D eigenvalue weighted by atomic mass is 16.5. The highest BCUT2D eigenvalue weighted by Crippen LogP contribution is 2.21. The number of likely N-dealkylation sites (tertiary alicyclic amines) is 1. The number of carboxylic acid groups (broad SMARTS) is 1. The maximum Gasteiger partial charge on any atom is 0.329 e. The van der Waals surface area contributed by atoms with E-state index in [0.717, 1.165) is 25.8 Å². The van der Waals surface area contributed by atoms with Crippen molar-refractivity contribution < 1.29 is 19.4 Å². The first-order valence-electron chi connectivity index (χ1n) is 6.80. The molecule has 0 radical (unpaired) electrons. The summed E-state index contributed by atoms with van der Waals surface area (Å²) >= 11 is 0. The molecule has 1 fully saturated rings. The molecule has 0 saturated carbocycles. The second-order valence-corrected chi connectivity index (χ2v) is 4.96. The smallest absolute Gasteiger partial charge is 0.329 e. The minimum Gasteiger partial charge on any atom is -0.480 e. The summed E-state index contributed by atoms with van der Waals surface area (Å²) in [7, 11) is 0. The first-order valence-corrected chi connectivity index (χ1v) is 6.80. The van der Waals surface area contributed by atoms with E-state index in [4.69, 9.17) is 9.84 Å². The molecule has 0 spiro atoms. The van der Waals surface area contributed by atoms with Crippen molar-refractivity contribution in [3.8, 4) is 0 Å². The van der Waals surface area contributed by atoms with Crippen molar-refractivity contribution in [2.45, 2.75) is 25.3 Å². The maximum atomic E-state index is 12.0. The quantitative estimate of drug-likeness (QED) is 0.851. The van der Waals surface area contributed by atoms with Gasteiger partial charge in [-0.25, -0.2) is 4.79 Å². The van der Waals surface area contributed by atoms with Crippen molar-refractivity contribution in [1.82, 2.24) is 4.90 Å².